The molecule has 5 nitrogen and oxygen atoms in total. The molecule has 1 rings (SSSR count). The number of carbonyl (C=O) groups is 1. The van der Waals surface area contributed by atoms with Crippen LogP contribution in [0.15, 0.2) is 24.3 Å². The van der Waals surface area contributed by atoms with E-state index in [2.05, 4.69) is 5.32 Å². The summed E-state index contributed by atoms with van der Waals surface area (Å²) in [5.41, 5.74) is 6.20. The molecule has 0 aromatic heterocycles. The van der Waals surface area contributed by atoms with Crippen molar-refractivity contribution in [1.29, 1.82) is 0 Å². The van der Waals surface area contributed by atoms with Gasteiger partial charge in [-0.1, -0.05) is 12.2 Å². The summed E-state index contributed by atoms with van der Waals surface area (Å²) < 4.78 is 5.07. The summed E-state index contributed by atoms with van der Waals surface area (Å²) in [6.45, 7) is 4.41. The van der Waals surface area contributed by atoms with Gasteiger partial charge in [0.15, 0.2) is 0 Å². The summed E-state index contributed by atoms with van der Waals surface area (Å²) in [6.07, 6.45) is 0.517. The average Bonchev–Trinajstić information content (AvgIpc) is 2.39. The minimum absolute atomic E-state index is 0.0719. The molecule has 0 radical (unpaired) electrons. The molecule has 0 saturated heterocycles. The Bertz CT molecular complexity index is 460. The summed E-state index contributed by atoms with van der Waals surface area (Å²) in [5, 5.41) is 2.85. The van der Waals surface area contributed by atoms with Gasteiger partial charge in [-0.3, -0.25) is 0 Å². The average molecular weight is 295 g/mol. The molecule has 0 aliphatic carbocycles. The van der Waals surface area contributed by atoms with Gasteiger partial charge in [0.1, 0.15) is 5.75 Å². The predicted molar refractivity (Wildman–Crippen MR) is 85.3 cm³/mol. The Hall–Kier alpha value is -1.82. The summed E-state index contributed by atoms with van der Waals surface area (Å²) in [6, 6.07) is 7.09. The van der Waals surface area contributed by atoms with Crippen LogP contribution in [0.1, 0.15) is 20.3 Å². The molecule has 0 heterocycles. The van der Waals surface area contributed by atoms with Crippen molar-refractivity contribution in [1.82, 2.24) is 4.90 Å². The lowest BCUT2D eigenvalue weighted by molar-refractivity contribution is 0.199. The zero-order chi connectivity index (χ0) is 15.1. The van der Waals surface area contributed by atoms with Crippen molar-refractivity contribution in [3.8, 4) is 5.75 Å². The monoisotopic (exact) mass is 295 g/mol. The van der Waals surface area contributed by atoms with E-state index >= 15 is 0 Å². The number of ether oxygens (including phenoxy) is 1. The fraction of sp³-hybridized carbons (Fsp3) is 0.429. The molecular formula is C14H21N3O2S. The smallest absolute Gasteiger partial charge is 0.322 e. The topological polar surface area (TPSA) is 67.6 Å². The van der Waals surface area contributed by atoms with Gasteiger partial charge in [0.2, 0.25) is 0 Å². The number of anilines is 1. The fourth-order valence-electron chi connectivity index (χ4n) is 1.69. The van der Waals surface area contributed by atoms with E-state index in [4.69, 9.17) is 22.7 Å². The first-order valence-corrected chi connectivity index (χ1v) is 6.85. The number of urea groups is 1. The number of carbonyl (C=O) groups excluding carboxylic acids is 1. The Kier molecular flexibility index (Phi) is 6.24. The molecule has 0 fully saturated rings. The maximum absolute atomic E-state index is 12.2. The van der Waals surface area contributed by atoms with Crippen LogP contribution in [0.2, 0.25) is 0 Å². The molecule has 0 bridgehead atoms. The molecule has 3 N–H and O–H groups in total. The number of benzene rings is 1. The van der Waals surface area contributed by atoms with Crippen molar-refractivity contribution in [3.05, 3.63) is 24.3 Å². The first kappa shape index (κ1) is 16.2. The minimum Gasteiger partial charge on any atom is -0.497 e. The SMILES string of the molecule is COc1ccc(NC(=O)N(CCC(N)=S)C(C)C)cc1. The van der Waals surface area contributed by atoms with Gasteiger partial charge in [0, 0.05) is 24.7 Å². The van der Waals surface area contributed by atoms with E-state index < -0.39 is 0 Å². The third-order valence-electron chi connectivity index (χ3n) is 2.82. The van der Waals surface area contributed by atoms with Crippen LogP contribution in [0.4, 0.5) is 10.5 Å². The molecular weight excluding hydrogens is 274 g/mol. The van der Waals surface area contributed by atoms with Crippen molar-refractivity contribution in [2.75, 3.05) is 19.0 Å². The Morgan fingerprint density at radius 2 is 2.00 bits per heavy atom. The van der Waals surface area contributed by atoms with Crippen LogP contribution in [-0.2, 0) is 0 Å². The second-order valence-corrected chi connectivity index (χ2v) is 5.19. The second-order valence-electron chi connectivity index (χ2n) is 4.66. The minimum atomic E-state index is -0.165. The maximum atomic E-state index is 12.2. The van der Waals surface area contributed by atoms with Crippen LogP contribution >= 0.6 is 12.2 Å². The van der Waals surface area contributed by atoms with Crippen molar-refractivity contribution >= 4 is 28.9 Å². The Morgan fingerprint density at radius 3 is 2.45 bits per heavy atom. The third kappa shape index (κ3) is 5.05. The molecule has 1 aromatic carbocycles. The highest BCUT2D eigenvalue weighted by atomic mass is 32.1. The third-order valence-corrected chi connectivity index (χ3v) is 3.03. The van der Waals surface area contributed by atoms with E-state index in [0.29, 0.717) is 18.0 Å². The first-order valence-electron chi connectivity index (χ1n) is 6.44. The highest BCUT2D eigenvalue weighted by Crippen LogP contribution is 2.16. The molecule has 0 unspecified atom stereocenters. The van der Waals surface area contributed by atoms with E-state index in [9.17, 15) is 4.79 Å². The van der Waals surface area contributed by atoms with Crippen molar-refractivity contribution in [2.24, 2.45) is 5.73 Å². The molecule has 6 heteroatoms. The Morgan fingerprint density at radius 1 is 1.40 bits per heavy atom. The number of amides is 2. The summed E-state index contributed by atoms with van der Waals surface area (Å²) in [4.78, 5) is 14.3. The van der Waals surface area contributed by atoms with E-state index in [0.717, 1.165) is 11.4 Å². The van der Waals surface area contributed by atoms with Gasteiger partial charge in [-0.25, -0.2) is 4.79 Å². The lowest BCUT2D eigenvalue weighted by Gasteiger charge is -2.26. The number of nitrogens with zero attached hydrogens (tertiary/aromatic N) is 1. The normalized spacial score (nSPS) is 10.2. The number of hydrogen-bond acceptors (Lipinski definition) is 3. The van der Waals surface area contributed by atoms with E-state index in [1.54, 1.807) is 36.3 Å². The zero-order valence-corrected chi connectivity index (χ0v) is 12.9. The maximum Gasteiger partial charge on any atom is 0.322 e. The molecule has 2 amide bonds. The van der Waals surface area contributed by atoms with E-state index in [-0.39, 0.29) is 12.1 Å². The quantitative estimate of drug-likeness (QED) is 0.792. The Labute approximate surface area is 125 Å². The van der Waals surface area contributed by atoms with Crippen molar-refractivity contribution in [2.45, 2.75) is 26.3 Å². The van der Waals surface area contributed by atoms with Gasteiger partial charge in [-0.2, -0.15) is 0 Å². The lowest BCUT2D eigenvalue weighted by atomic mass is 10.3. The number of methoxy groups -OCH3 is 1. The molecule has 0 aliphatic rings. The number of nitrogens with one attached hydrogen (secondary N) is 1. The van der Waals surface area contributed by atoms with Crippen LogP contribution in [0.5, 0.6) is 5.75 Å². The molecule has 0 atom stereocenters. The fourth-order valence-corrected chi connectivity index (χ4v) is 1.79. The zero-order valence-electron chi connectivity index (χ0n) is 12.1. The number of thiocarbonyl (C=S) groups is 1. The van der Waals surface area contributed by atoms with Crippen LogP contribution < -0.4 is 15.8 Å². The number of rotatable bonds is 6. The molecule has 0 spiro atoms. The first-order chi connectivity index (χ1) is 9.43. The molecule has 20 heavy (non-hydrogen) atoms. The number of hydrogen-bond donors (Lipinski definition) is 2. The largest absolute Gasteiger partial charge is 0.497 e. The van der Waals surface area contributed by atoms with Gasteiger partial charge >= 0.3 is 6.03 Å². The van der Waals surface area contributed by atoms with Crippen LogP contribution in [0.25, 0.3) is 0 Å². The summed E-state index contributed by atoms with van der Waals surface area (Å²) >= 11 is 4.85. The molecule has 0 aliphatic heterocycles. The molecule has 0 saturated carbocycles. The summed E-state index contributed by atoms with van der Waals surface area (Å²) in [5.74, 6) is 0.747. The molecule has 1 aromatic rings. The van der Waals surface area contributed by atoms with Crippen molar-refractivity contribution < 1.29 is 9.53 Å². The van der Waals surface area contributed by atoms with E-state index in [1.165, 1.54) is 0 Å². The standard InChI is InChI=1S/C14H21N3O2S/c1-10(2)17(9-8-13(15)20)14(18)16-11-4-6-12(19-3)7-5-11/h4-7,10H,8-9H2,1-3H3,(H2,15,20)(H,16,18). The summed E-state index contributed by atoms with van der Waals surface area (Å²) in [7, 11) is 1.60. The van der Waals surface area contributed by atoms with Crippen LogP contribution in [0.3, 0.4) is 0 Å². The van der Waals surface area contributed by atoms with Gasteiger partial charge in [0.05, 0.1) is 12.1 Å². The predicted octanol–water partition coefficient (Wildman–Crippen LogP) is 2.61. The van der Waals surface area contributed by atoms with Crippen LogP contribution in [-0.4, -0.2) is 35.6 Å². The van der Waals surface area contributed by atoms with Crippen LogP contribution in [0, 0.1) is 0 Å². The highest BCUT2D eigenvalue weighted by Gasteiger charge is 2.16. The Balaban J connectivity index is 2.66. The van der Waals surface area contributed by atoms with E-state index in [1.807, 2.05) is 13.8 Å². The van der Waals surface area contributed by atoms with Gasteiger partial charge in [0.25, 0.3) is 0 Å². The second kappa shape index (κ2) is 7.69. The molecule has 110 valence electrons. The van der Waals surface area contributed by atoms with Gasteiger partial charge < -0.3 is 20.7 Å². The van der Waals surface area contributed by atoms with Gasteiger partial charge in [-0.15, -0.1) is 0 Å². The van der Waals surface area contributed by atoms with Crippen molar-refractivity contribution in [3.63, 3.8) is 0 Å². The number of nitrogens with two attached hydrogens (primary N) is 1. The highest BCUT2D eigenvalue weighted by molar-refractivity contribution is 7.80. The lowest BCUT2D eigenvalue weighted by Crippen LogP contribution is -2.41. The van der Waals surface area contributed by atoms with Gasteiger partial charge in [-0.05, 0) is 38.1 Å².